The molecule has 1 aliphatic carbocycles. The average Bonchev–Trinajstić information content (AvgIpc) is 3.06. The summed E-state index contributed by atoms with van der Waals surface area (Å²) in [4.78, 5) is 10.3. The molecule has 0 aromatic heterocycles. The van der Waals surface area contributed by atoms with Crippen molar-refractivity contribution in [3.05, 3.63) is 57.6 Å². The van der Waals surface area contributed by atoms with Gasteiger partial charge in [-0.1, -0.05) is 54.4 Å². The smallest absolute Gasteiger partial charge is 0.133 e. The Labute approximate surface area is 294 Å². The predicted molar refractivity (Wildman–Crippen MR) is 206 cm³/mol. The molecule has 0 unspecified atom stereocenters. The average molecular weight is 663 g/mol. The third kappa shape index (κ3) is 9.50. The Morgan fingerprint density at radius 2 is 0.896 bits per heavy atom. The summed E-state index contributed by atoms with van der Waals surface area (Å²) < 4.78 is 1.88. The van der Waals surface area contributed by atoms with Crippen LogP contribution in [0.2, 0.25) is 0 Å². The largest absolute Gasteiger partial charge is 0.507 e. The Morgan fingerprint density at radius 3 is 1.17 bits per heavy atom. The van der Waals surface area contributed by atoms with Gasteiger partial charge in [-0.25, -0.2) is 0 Å². The molecule has 1 aliphatic rings. The number of phenols is 2. The summed E-state index contributed by atoms with van der Waals surface area (Å²) in [5, 5.41) is 23.2. The normalized spacial score (nSPS) is 18.3. The highest BCUT2D eigenvalue weighted by molar-refractivity contribution is 5.86. The molecule has 6 heteroatoms. The number of benzene rings is 2. The van der Waals surface area contributed by atoms with Crippen LogP contribution in [-0.4, -0.2) is 83.0 Å². The van der Waals surface area contributed by atoms with Crippen molar-refractivity contribution in [1.29, 1.82) is 0 Å². The molecule has 0 saturated heterocycles. The first-order chi connectivity index (χ1) is 22.5. The molecule has 48 heavy (non-hydrogen) atoms. The van der Waals surface area contributed by atoms with Gasteiger partial charge in [-0.05, 0) is 101 Å². The van der Waals surface area contributed by atoms with Crippen LogP contribution in [0.25, 0.3) is 0 Å². The Hall–Kier alpha value is -2.70. The van der Waals surface area contributed by atoms with Crippen molar-refractivity contribution in [2.45, 2.75) is 145 Å². The number of aromatic hydroxyl groups is 2. The van der Waals surface area contributed by atoms with Crippen molar-refractivity contribution in [3.63, 3.8) is 0 Å². The maximum absolute atomic E-state index is 11.6. The van der Waals surface area contributed by atoms with Crippen LogP contribution in [0.15, 0.2) is 34.3 Å². The Morgan fingerprint density at radius 1 is 0.583 bits per heavy atom. The van der Waals surface area contributed by atoms with E-state index in [1.165, 1.54) is 11.1 Å². The summed E-state index contributed by atoms with van der Waals surface area (Å²) in [5.74, 6) is 0.718. The van der Waals surface area contributed by atoms with Gasteiger partial charge in [0.1, 0.15) is 24.6 Å². The molecule has 0 aliphatic heterocycles. The van der Waals surface area contributed by atoms with Gasteiger partial charge in [0.15, 0.2) is 0 Å². The van der Waals surface area contributed by atoms with E-state index < -0.39 is 0 Å². The summed E-state index contributed by atoms with van der Waals surface area (Å²) in [6, 6.07) is 8.74. The summed E-state index contributed by atoms with van der Waals surface area (Å²) >= 11 is 0. The number of hydrogen-bond donors (Lipinski definition) is 2. The van der Waals surface area contributed by atoms with Crippen LogP contribution in [-0.2, 0) is 23.9 Å². The molecule has 0 radical (unpaired) electrons. The van der Waals surface area contributed by atoms with Crippen molar-refractivity contribution in [2.75, 3.05) is 39.3 Å². The molecule has 0 spiro atoms. The standard InChI is InChI=1S/C42H68N4O2/c1-13-45(14-2,15-3)29-33-25-35(41(7,8)9)23-31(39(33)47)27-43-37-21-19-20-22-38(37)44-28-32-24-36(42(10,11)12)26-34(40(32)48)30-46(16-4,17-5)18-6/h23-28,37-38H,13-22,29-30H2,1-12H3/p+2/t37-,38-/m1/s1. The summed E-state index contributed by atoms with van der Waals surface area (Å²) in [6.07, 6.45) is 8.01. The van der Waals surface area contributed by atoms with E-state index in [-0.39, 0.29) is 22.9 Å². The van der Waals surface area contributed by atoms with Gasteiger partial charge in [-0.3, -0.25) is 9.98 Å². The summed E-state index contributed by atoms with van der Waals surface area (Å²) in [6.45, 7) is 34.7. The van der Waals surface area contributed by atoms with Crippen LogP contribution in [0, 0.1) is 0 Å². The Kier molecular flexibility index (Phi) is 13.5. The number of aliphatic imine (C=N–C) groups is 2. The maximum Gasteiger partial charge on any atom is 0.133 e. The maximum atomic E-state index is 11.6. The van der Waals surface area contributed by atoms with E-state index in [1.807, 2.05) is 12.4 Å². The fraction of sp³-hybridized carbons (Fsp3) is 0.667. The van der Waals surface area contributed by atoms with Crippen molar-refractivity contribution < 1.29 is 19.2 Å². The van der Waals surface area contributed by atoms with Gasteiger partial charge in [0.25, 0.3) is 0 Å². The molecule has 0 amide bonds. The van der Waals surface area contributed by atoms with Crippen molar-refractivity contribution >= 4 is 12.4 Å². The molecule has 0 bridgehead atoms. The molecule has 2 atom stereocenters. The first-order valence-electron chi connectivity index (χ1n) is 19.0. The van der Waals surface area contributed by atoms with Gasteiger partial charge >= 0.3 is 0 Å². The van der Waals surface area contributed by atoms with Gasteiger partial charge in [0, 0.05) is 34.7 Å². The predicted octanol–water partition coefficient (Wildman–Crippen LogP) is 9.30. The summed E-state index contributed by atoms with van der Waals surface area (Å²) in [7, 11) is 0. The molecule has 2 N–H and O–H groups in total. The number of quaternary nitrogens is 2. The molecule has 1 fully saturated rings. The fourth-order valence-corrected chi connectivity index (χ4v) is 7.27. The van der Waals surface area contributed by atoms with E-state index >= 15 is 0 Å². The van der Waals surface area contributed by atoms with Crippen LogP contribution < -0.4 is 0 Å². The van der Waals surface area contributed by atoms with E-state index in [2.05, 4.69) is 107 Å². The van der Waals surface area contributed by atoms with Crippen LogP contribution in [0.1, 0.15) is 142 Å². The lowest BCUT2D eigenvalue weighted by atomic mass is 9.84. The highest BCUT2D eigenvalue weighted by Gasteiger charge is 2.29. The number of nitrogens with zero attached hydrogens (tertiary/aromatic N) is 4. The SMILES string of the molecule is CC[N+](CC)(CC)Cc1cc(C(C)(C)C)cc(/C=N/[C@@H]2CCCC[C@H]2/N=C/c2cc(C(C)(C)C)cc(C[N+](CC)(CC)CC)c2O)c1O. The van der Waals surface area contributed by atoms with Gasteiger partial charge in [-0.2, -0.15) is 0 Å². The van der Waals surface area contributed by atoms with E-state index in [9.17, 15) is 10.2 Å². The topological polar surface area (TPSA) is 65.2 Å². The van der Waals surface area contributed by atoms with Gasteiger partial charge < -0.3 is 19.2 Å². The van der Waals surface area contributed by atoms with E-state index in [1.54, 1.807) is 0 Å². The minimum Gasteiger partial charge on any atom is -0.507 e. The van der Waals surface area contributed by atoms with Gasteiger partial charge in [0.2, 0.25) is 0 Å². The third-order valence-electron chi connectivity index (χ3n) is 11.7. The zero-order chi connectivity index (χ0) is 35.9. The fourth-order valence-electron chi connectivity index (χ4n) is 7.27. The van der Waals surface area contributed by atoms with Crippen LogP contribution in [0.5, 0.6) is 11.5 Å². The number of phenolic OH excluding ortho intramolecular Hbond substituents is 2. The second-order valence-corrected chi connectivity index (χ2v) is 16.5. The van der Waals surface area contributed by atoms with Crippen LogP contribution >= 0.6 is 0 Å². The third-order valence-corrected chi connectivity index (χ3v) is 11.7. The number of rotatable bonds is 14. The minimum absolute atomic E-state index is 0.0324. The second kappa shape index (κ2) is 16.3. The molecular formula is C42H70N4O2+2. The molecule has 0 heterocycles. The van der Waals surface area contributed by atoms with Gasteiger partial charge in [-0.15, -0.1) is 0 Å². The van der Waals surface area contributed by atoms with Crippen LogP contribution in [0.3, 0.4) is 0 Å². The first kappa shape index (κ1) is 39.7. The summed E-state index contributed by atoms with van der Waals surface area (Å²) in [5.41, 5.74) is 5.97. The quantitative estimate of drug-likeness (QED) is 0.156. The molecule has 2 aromatic carbocycles. The van der Waals surface area contributed by atoms with Crippen molar-refractivity contribution in [2.24, 2.45) is 9.98 Å². The lowest BCUT2D eigenvalue weighted by molar-refractivity contribution is -0.936. The highest BCUT2D eigenvalue weighted by atomic mass is 16.3. The van der Waals surface area contributed by atoms with Crippen LogP contribution in [0.4, 0.5) is 0 Å². The van der Waals surface area contributed by atoms with E-state index in [4.69, 9.17) is 9.98 Å². The van der Waals surface area contributed by atoms with Crippen molar-refractivity contribution in [3.8, 4) is 11.5 Å². The van der Waals surface area contributed by atoms with Gasteiger partial charge in [0.05, 0.1) is 51.4 Å². The second-order valence-electron chi connectivity index (χ2n) is 16.5. The minimum atomic E-state index is -0.0462. The first-order valence-corrected chi connectivity index (χ1v) is 19.0. The van der Waals surface area contributed by atoms with Crippen molar-refractivity contribution in [1.82, 2.24) is 0 Å². The Balaban J connectivity index is 2.01. The molecule has 6 nitrogen and oxygen atoms in total. The molecule has 1 saturated carbocycles. The van der Waals surface area contributed by atoms with E-state index in [0.29, 0.717) is 11.5 Å². The molecule has 2 aromatic rings. The number of hydrogen-bond acceptors (Lipinski definition) is 4. The lowest BCUT2D eigenvalue weighted by Crippen LogP contribution is -2.46. The monoisotopic (exact) mass is 663 g/mol. The highest BCUT2D eigenvalue weighted by Crippen LogP contribution is 2.35. The zero-order valence-electron chi connectivity index (χ0n) is 32.8. The Bertz CT molecular complexity index is 1280. The lowest BCUT2D eigenvalue weighted by Gasteiger charge is -2.36. The molecular weight excluding hydrogens is 592 g/mol. The molecule has 3 rings (SSSR count). The van der Waals surface area contributed by atoms with E-state index in [0.717, 1.165) is 109 Å². The zero-order valence-corrected chi connectivity index (χ0v) is 32.8. The molecule has 268 valence electrons.